The maximum absolute atomic E-state index is 13.5. The van der Waals surface area contributed by atoms with Gasteiger partial charge in [-0.25, -0.2) is 8.78 Å². The molecule has 0 saturated carbocycles. The minimum atomic E-state index is -0.921. The van der Waals surface area contributed by atoms with Crippen LogP contribution in [0.15, 0.2) is 47.8 Å². The molecule has 0 atom stereocenters. The maximum Gasteiger partial charge on any atom is 0.306 e. The highest BCUT2D eigenvalue weighted by Gasteiger charge is 2.12. The second-order valence-electron chi connectivity index (χ2n) is 5.90. The molecule has 1 N–H and O–H groups in total. The van der Waals surface area contributed by atoms with Crippen LogP contribution in [0.3, 0.4) is 0 Å². The van der Waals surface area contributed by atoms with Gasteiger partial charge in [0.1, 0.15) is 18.2 Å². The number of ether oxygens (including phenoxy) is 1. The lowest BCUT2D eigenvalue weighted by Crippen LogP contribution is -2.26. The molecule has 1 heterocycles. The zero-order valence-electron chi connectivity index (χ0n) is 14.3. The van der Waals surface area contributed by atoms with Crippen molar-refractivity contribution in [3.63, 3.8) is 0 Å². The van der Waals surface area contributed by atoms with E-state index in [0.717, 1.165) is 27.8 Å². The van der Waals surface area contributed by atoms with Gasteiger partial charge in [-0.2, -0.15) is 0 Å². The van der Waals surface area contributed by atoms with Crippen molar-refractivity contribution in [2.75, 3.05) is 6.54 Å². The van der Waals surface area contributed by atoms with Crippen LogP contribution in [-0.2, 0) is 16.1 Å². The topological polar surface area (TPSA) is 55.4 Å². The Labute approximate surface area is 158 Å². The van der Waals surface area contributed by atoms with Gasteiger partial charge in [-0.3, -0.25) is 9.59 Å². The molecular weight excluding hydrogens is 372 g/mol. The Bertz CT molecular complexity index is 971. The Balaban J connectivity index is 1.40. The average Bonchev–Trinajstić information content (AvgIpc) is 3.06. The quantitative estimate of drug-likeness (QED) is 0.480. The number of carbonyl (C=O) groups is 2. The summed E-state index contributed by atoms with van der Waals surface area (Å²) >= 11 is 1.60. The van der Waals surface area contributed by atoms with Crippen molar-refractivity contribution in [3.8, 4) is 0 Å². The van der Waals surface area contributed by atoms with Crippen molar-refractivity contribution in [1.82, 2.24) is 5.32 Å². The molecule has 0 aliphatic carbocycles. The summed E-state index contributed by atoms with van der Waals surface area (Å²) in [6.45, 7) is 0.391. The summed E-state index contributed by atoms with van der Waals surface area (Å²) in [5, 5.41) is 5.54. The van der Waals surface area contributed by atoms with Gasteiger partial charge in [-0.1, -0.05) is 18.2 Å². The molecule has 0 aliphatic rings. The Morgan fingerprint density at radius 3 is 2.74 bits per heavy atom. The fourth-order valence-electron chi connectivity index (χ4n) is 2.58. The van der Waals surface area contributed by atoms with Crippen molar-refractivity contribution in [2.24, 2.45) is 0 Å². The summed E-state index contributed by atoms with van der Waals surface area (Å²) in [6.07, 6.45) is 0.492. The Morgan fingerprint density at radius 1 is 1.11 bits per heavy atom. The van der Waals surface area contributed by atoms with E-state index < -0.39 is 17.5 Å². The van der Waals surface area contributed by atoms with E-state index in [-0.39, 0.29) is 31.1 Å². The predicted molar refractivity (Wildman–Crippen MR) is 99.5 cm³/mol. The van der Waals surface area contributed by atoms with Crippen molar-refractivity contribution in [1.29, 1.82) is 0 Å². The average molecular weight is 389 g/mol. The van der Waals surface area contributed by atoms with Gasteiger partial charge in [0.05, 0.1) is 5.56 Å². The van der Waals surface area contributed by atoms with Crippen molar-refractivity contribution in [3.05, 3.63) is 70.6 Å². The van der Waals surface area contributed by atoms with Crippen LogP contribution in [0.25, 0.3) is 10.1 Å². The van der Waals surface area contributed by atoms with Crippen LogP contribution in [-0.4, -0.2) is 18.4 Å². The van der Waals surface area contributed by atoms with Gasteiger partial charge in [-0.05, 0) is 35.4 Å². The number of esters is 1. The predicted octanol–water partition coefficient (Wildman–Crippen LogP) is 4.43. The third-order valence-corrected chi connectivity index (χ3v) is 4.98. The van der Waals surface area contributed by atoms with Crippen LogP contribution < -0.4 is 5.32 Å². The number of carbonyl (C=O) groups excluding carboxylic acids is 2. The standard InChI is InChI=1S/C20H17F2NO3S/c21-14-7-8-16(17(22)10-14)20(25)23-9-3-6-19(24)26-11-13-12-27-18-5-2-1-4-15(13)18/h1-2,4-5,7-8,10,12H,3,6,9,11H2,(H,23,25). The first-order chi connectivity index (χ1) is 13.0. The minimum Gasteiger partial charge on any atom is -0.461 e. The van der Waals surface area contributed by atoms with E-state index in [1.165, 1.54) is 0 Å². The molecule has 0 radical (unpaired) electrons. The first-order valence-electron chi connectivity index (χ1n) is 8.38. The summed E-state index contributed by atoms with van der Waals surface area (Å²) in [5.74, 6) is -2.68. The smallest absolute Gasteiger partial charge is 0.306 e. The van der Waals surface area contributed by atoms with Crippen LogP contribution in [0, 0.1) is 11.6 Å². The molecular formula is C20H17F2NO3S. The number of hydrogen-bond acceptors (Lipinski definition) is 4. The molecule has 0 fully saturated rings. The molecule has 0 unspecified atom stereocenters. The second kappa shape index (κ2) is 8.73. The van der Waals surface area contributed by atoms with Gasteiger partial charge >= 0.3 is 5.97 Å². The maximum atomic E-state index is 13.5. The van der Waals surface area contributed by atoms with Gasteiger partial charge in [0.2, 0.25) is 0 Å². The summed E-state index contributed by atoms with van der Waals surface area (Å²) in [4.78, 5) is 23.7. The van der Waals surface area contributed by atoms with Gasteiger partial charge < -0.3 is 10.1 Å². The molecule has 7 heteroatoms. The van der Waals surface area contributed by atoms with E-state index in [0.29, 0.717) is 12.5 Å². The van der Waals surface area contributed by atoms with Gasteiger partial charge in [-0.15, -0.1) is 11.3 Å². The Hall–Kier alpha value is -2.80. The lowest BCUT2D eigenvalue weighted by Gasteiger charge is -2.07. The van der Waals surface area contributed by atoms with E-state index in [1.807, 2.05) is 29.6 Å². The number of hydrogen-bond donors (Lipinski definition) is 1. The summed E-state index contributed by atoms with van der Waals surface area (Å²) < 4.78 is 32.8. The first kappa shape index (κ1) is 19.0. The second-order valence-corrected chi connectivity index (χ2v) is 6.81. The Morgan fingerprint density at radius 2 is 1.93 bits per heavy atom. The van der Waals surface area contributed by atoms with E-state index in [4.69, 9.17) is 4.74 Å². The van der Waals surface area contributed by atoms with Crippen LogP contribution in [0.1, 0.15) is 28.8 Å². The van der Waals surface area contributed by atoms with E-state index >= 15 is 0 Å². The number of thiophene rings is 1. The van der Waals surface area contributed by atoms with Crippen molar-refractivity contribution < 1.29 is 23.1 Å². The van der Waals surface area contributed by atoms with Crippen LogP contribution in [0.2, 0.25) is 0 Å². The van der Waals surface area contributed by atoms with Crippen molar-refractivity contribution >= 4 is 33.3 Å². The lowest BCUT2D eigenvalue weighted by molar-refractivity contribution is -0.145. The highest BCUT2D eigenvalue weighted by Crippen LogP contribution is 2.26. The van der Waals surface area contributed by atoms with Gasteiger partial charge in [0, 0.05) is 29.3 Å². The zero-order chi connectivity index (χ0) is 19.2. The van der Waals surface area contributed by atoms with E-state index in [2.05, 4.69) is 5.32 Å². The molecule has 1 amide bonds. The molecule has 0 saturated heterocycles. The first-order valence-corrected chi connectivity index (χ1v) is 9.26. The number of fused-ring (bicyclic) bond motifs is 1. The van der Waals surface area contributed by atoms with Crippen molar-refractivity contribution in [2.45, 2.75) is 19.4 Å². The molecule has 3 rings (SSSR count). The monoisotopic (exact) mass is 389 g/mol. The third kappa shape index (κ3) is 4.89. The summed E-state index contributed by atoms with van der Waals surface area (Å²) in [5.41, 5.74) is 0.729. The van der Waals surface area contributed by atoms with E-state index in [9.17, 15) is 18.4 Å². The molecule has 0 aliphatic heterocycles. The van der Waals surface area contributed by atoms with E-state index in [1.54, 1.807) is 11.3 Å². The fourth-order valence-corrected chi connectivity index (χ4v) is 3.53. The number of nitrogens with one attached hydrogen (secondary N) is 1. The minimum absolute atomic E-state index is 0.133. The molecule has 0 bridgehead atoms. The zero-order valence-corrected chi connectivity index (χ0v) is 15.2. The molecule has 0 spiro atoms. The molecule has 3 aromatic rings. The normalized spacial score (nSPS) is 10.7. The van der Waals surface area contributed by atoms with Crippen LogP contribution in [0.5, 0.6) is 0 Å². The molecule has 4 nitrogen and oxygen atoms in total. The number of benzene rings is 2. The molecule has 1 aromatic heterocycles. The molecule has 27 heavy (non-hydrogen) atoms. The summed E-state index contributed by atoms with van der Waals surface area (Å²) in [7, 11) is 0. The highest BCUT2D eigenvalue weighted by atomic mass is 32.1. The molecule has 140 valence electrons. The molecule has 2 aromatic carbocycles. The number of amides is 1. The summed E-state index contributed by atoms with van der Waals surface area (Å²) in [6, 6.07) is 10.6. The SMILES string of the molecule is O=C(CCCNC(=O)c1ccc(F)cc1F)OCc1csc2ccccc12. The number of halogens is 2. The number of rotatable bonds is 7. The van der Waals surface area contributed by atoms with Gasteiger partial charge in [0.15, 0.2) is 0 Å². The fraction of sp³-hybridized carbons (Fsp3) is 0.200. The van der Waals surface area contributed by atoms with Crippen LogP contribution in [0.4, 0.5) is 8.78 Å². The van der Waals surface area contributed by atoms with Gasteiger partial charge in [0.25, 0.3) is 5.91 Å². The van der Waals surface area contributed by atoms with Crippen LogP contribution >= 0.6 is 11.3 Å². The lowest BCUT2D eigenvalue weighted by atomic mass is 10.2. The third-order valence-electron chi connectivity index (χ3n) is 3.97. The largest absolute Gasteiger partial charge is 0.461 e. The highest BCUT2D eigenvalue weighted by molar-refractivity contribution is 7.17. The Kier molecular flexibility index (Phi) is 6.13.